The molecule has 0 atom stereocenters. The van der Waals surface area contributed by atoms with E-state index in [0.29, 0.717) is 17.6 Å². The highest BCUT2D eigenvalue weighted by Crippen LogP contribution is 2.24. The first-order valence-corrected chi connectivity index (χ1v) is 5.90. The zero-order chi connectivity index (χ0) is 12.8. The van der Waals surface area contributed by atoms with Gasteiger partial charge in [0.15, 0.2) is 0 Å². The molecule has 90 valence electrons. The van der Waals surface area contributed by atoms with E-state index in [-0.39, 0.29) is 5.69 Å². The Morgan fingerprint density at radius 3 is 2.76 bits per heavy atom. The van der Waals surface area contributed by atoms with Crippen molar-refractivity contribution in [1.82, 2.24) is 4.90 Å². The molecule has 0 aliphatic rings. The van der Waals surface area contributed by atoms with Gasteiger partial charge in [0.1, 0.15) is 0 Å². The summed E-state index contributed by atoms with van der Waals surface area (Å²) in [5.74, 6) is 0. The van der Waals surface area contributed by atoms with Gasteiger partial charge in [0.05, 0.1) is 17.5 Å². The summed E-state index contributed by atoms with van der Waals surface area (Å²) in [7, 11) is 0. The number of nitro benzene ring substituents is 1. The maximum Gasteiger partial charge on any atom is 0.270 e. The molecule has 0 amide bonds. The van der Waals surface area contributed by atoms with E-state index < -0.39 is 4.92 Å². The van der Waals surface area contributed by atoms with Crippen LogP contribution in [-0.2, 0) is 6.54 Å². The van der Waals surface area contributed by atoms with Gasteiger partial charge in [-0.2, -0.15) is 5.26 Å². The molecular formula is C11H12BrN3O2. The Morgan fingerprint density at radius 2 is 2.29 bits per heavy atom. The van der Waals surface area contributed by atoms with E-state index in [4.69, 9.17) is 5.26 Å². The summed E-state index contributed by atoms with van der Waals surface area (Å²) in [5.41, 5.74) is 0.997. The number of nitriles is 1. The summed E-state index contributed by atoms with van der Waals surface area (Å²) in [4.78, 5) is 12.1. The number of non-ortho nitro benzene ring substituents is 1. The highest BCUT2D eigenvalue weighted by atomic mass is 79.9. The Morgan fingerprint density at radius 1 is 1.59 bits per heavy atom. The van der Waals surface area contributed by atoms with E-state index in [9.17, 15) is 10.1 Å². The monoisotopic (exact) mass is 297 g/mol. The van der Waals surface area contributed by atoms with E-state index in [2.05, 4.69) is 22.0 Å². The molecule has 0 aliphatic heterocycles. The lowest BCUT2D eigenvalue weighted by molar-refractivity contribution is -0.384. The minimum absolute atomic E-state index is 0.0592. The SMILES string of the molecule is CCN(CC#N)Cc1ccc([N+](=O)[O-])cc1Br. The molecule has 0 heterocycles. The molecule has 5 nitrogen and oxygen atoms in total. The van der Waals surface area contributed by atoms with Crippen molar-refractivity contribution in [3.63, 3.8) is 0 Å². The maximum atomic E-state index is 10.6. The zero-order valence-corrected chi connectivity index (χ0v) is 11.0. The summed E-state index contributed by atoms with van der Waals surface area (Å²) in [6.45, 7) is 3.68. The van der Waals surface area contributed by atoms with Crippen molar-refractivity contribution < 1.29 is 4.92 Å². The standard InChI is InChI=1S/C11H12BrN3O2/c1-2-14(6-5-13)8-9-3-4-10(15(16)17)7-11(9)12/h3-4,7H,2,6,8H2,1H3. The van der Waals surface area contributed by atoms with Crippen LogP contribution in [0.1, 0.15) is 12.5 Å². The van der Waals surface area contributed by atoms with Gasteiger partial charge in [-0.05, 0) is 18.2 Å². The van der Waals surface area contributed by atoms with Crippen LogP contribution in [0.3, 0.4) is 0 Å². The lowest BCUT2D eigenvalue weighted by Crippen LogP contribution is -2.23. The van der Waals surface area contributed by atoms with Crippen molar-refractivity contribution in [3.05, 3.63) is 38.3 Å². The lowest BCUT2D eigenvalue weighted by atomic mass is 10.2. The van der Waals surface area contributed by atoms with Crippen LogP contribution >= 0.6 is 15.9 Å². The van der Waals surface area contributed by atoms with Crippen molar-refractivity contribution >= 4 is 21.6 Å². The van der Waals surface area contributed by atoms with Crippen molar-refractivity contribution in [2.24, 2.45) is 0 Å². The number of nitro groups is 1. The second-order valence-electron chi connectivity index (χ2n) is 3.49. The molecular weight excluding hydrogens is 286 g/mol. The fraction of sp³-hybridized carbons (Fsp3) is 0.364. The van der Waals surface area contributed by atoms with Crippen molar-refractivity contribution in [3.8, 4) is 6.07 Å². The number of nitrogens with zero attached hydrogens (tertiary/aromatic N) is 3. The molecule has 1 aromatic carbocycles. The normalized spacial score (nSPS) is 10.2. The number of halogens is 1. The molecule has 0 aliphatic carbocycles. The molecule has 0 bridgehead atoms. The summed E-state index contributed by atoms with van der Waals surface area (Å²) < 4.78 is 0.697. The van der Waals surface area contributed by atoms with Crippen LogP contribution in [0.2, 0.25) is 0 Å². The van der Waals surface area contributed by atoms with Gasteiger partial charge in [-0.15, -0.1) is 0 Å². The van der Waals surface area contributed by atoms with Gasteiger partial charge in [0.2, 0.25) is 0 Å². The second-order valence-corrected chi connectivity index (χ2v) is 4.35. The van der Waals surface area contributed by atoms with Crippen molar-refractivity contribution in [2.45, 2.75) is 13.5 Å². The van der Waals surface area contributed by atoms with Crippen LogP contribution in [0.15, 0.2) is 22.7 Å². The third-order valence-corrected chi connectivity index (χ3v) is 3.12. The minimum Gasteiger partial charge on any atom is -0.287 e. The van der Waals surface area contributed by atoms with Crippen LogP contribution in [0.5, 0.6) is 0 Å². The third-order valence-electron chi connectivity index (χ3n) is 2.38. The van der Waals surface area contributed by atoms with Gasteiger partial charge < -0.3 is 0 Å². The number of hydrogen-bond acceptors (Lipinski definition) is 4. The van der Waals surface area contributed by atoms with Crippen LogP contribution in [0.25, 0.3) is 0 Å². The Kier molecular flexibility index (Phi) is 5.07. The molecule has 17 heavy (non-hydrogen) atoms. The predicted molar refractivity (Wildman–Crippen MR) is 67.4 cm³/mol. The highest BCUT2D eigenvalue weighted by Gasteiger charge is 2.11. The first-order valence-electron chi connectivity index (χ1n) is 5.10. The lowest BCUT2D eigenvalue weighted by Gasteiger charge is -2.17. The topological polar surface area (TPSA) is 70.2 Å². The number of rotatable bonds is 5. The van der Waals surface area contributed by atoms with Gasteiger partial charge >= 0.3 is 0 Å². The average Bonchev–Trinajstić information content (AvgIpc) is 2.30. The first-order chi connectivity index (χ1) is 8.08. The Bertz CT molecular complexity index is 457. The fourth-order valence-electron chi connectivity index (χ4n) is 1.40. The predicted octanol–water partition coefficient (Wildman–Crippen LogP) is 2.70. The van der Waals surface area contributed by atoms with E-state index in [1.165, 1.54) is 12.1 Å². The minimum atomic E-state index is -0.429. The van der Waals surface area contributed by atoms with Crippen molar-refractivity contribution in [1.29, 1.82) is 5.26 Å². The Labute approximate surface area is 108 Å². The van der Waals surface area contributed by atoms with Crippen LogP contribution in [-0.4, -0.2) is 22.9 Å². The largest absolute Gasteiger partial charge is 0.287 e. The zero-order valence-electron chi connectivity index (χ0n) is 9.39. The molecule has 0 spiro atoms. The molecule has 0 fully saturated rings. The van der Waals surface area contributed by atoms with Crippen LogP contribution < -0.4 is 0 Å². The Hall–Kier alpha value is -1.45. The molecule has 0 saturated heterocycles. The van der Waals surface area contributed by atoms with E-state index in [1.54, 1.807) is 6.07 Å². The maximum absolute atomic E-state index is 10.6. The number of hydrogen-bond donors (Lipinski definition) is 0. The molecule has 0 N–H and O–H groups in total. The molecule has 0 radical (unpaired) electrons. The summed E-state index contributed by atoms with van der Waals surface area (Å²) >= 11 is 3.31. The smallest absolute Gasteiger partial charge is 0.270 e. The highest BCUT2D eigenvalue weighted by molar-refractivity contribution is 9.10. The molecule has 1 rings (SSSR count). The fourth-order valence-corrected chi connectivity index (χ4v) is 1.89. The first kappa shape index (κ1) is 13.6. The molecule has 0 saturated carbocycles. The van der Waals surface area contributed by atoms with E-state index in [0.717, 1.165) is 12.1 Å². The third kappa shape index (κ3) is 3.80. The van der Waals surface area contributed by atoms with Gasteiger partial charge in [-0.1, -0.05) is 22.9 Å². The summed E-state index contributed by atoms with van der Waals surface area (Å²) in [5, 5.41) is 19.2. The van der Waals surface area contributed by atoms with Crippen molar-refractivity contribution in [2.75, 3.05) is 13.1 Å². The van der Waals surface area contributed by atoms with Crippen LogP contribution in [0.4, 0.5) is 5.69 Å². The van der Waals surface area contributed by atoms with Gasteiger partial charge in [0.25, 0.3) is 5.69 Å². The van der Waals surface area contributed by atoms with Gasteiger partial charge in [-0.25, -0.2) is 0 Å². The quantitative estimate of drug-likeness (QED) is 0.476. The average molecular weight is 298 g/mol. The molecule has 0 unspecified atom stereocenters. The van der Waals surface area contributed by atoms with Crippen LogP contribution in [0, 0.1) is 21.4 Å². The number of benzene rings is 1. The van der Waals surface area contributed by atoms with E-state index in [1.807, 2.05) is 11.8 Å². The van der Waals surface area contributed by atoms with Gasteiger partial charge in [-0.3, -0.25) is 15.0 Å². The van der Waals surface area contributed by atoms with Gasteiger partial charge in [0, 0.05) is 23.2 Å². The van der Waals surface area contributed by atoms with E-state index >= 15 is 0 Å². The Balaban J connectivity index is 2.85. The summed E-state index contributed by atoms with van der Waals surface area (Å²) in [6, 6.07) is 6.76. The molecule has 6 heteroatoms. The molecule has 0 aromatic heterocycles. The molecule has 1 aromatic rings. The summed E-state index contributed by atoms with van der Waals surface area (Å²) in [6.07, 6.45) is 0. The second kappa shape index (κ2) is 6.33.